The number of esters is 1. The van der Waals surface area contributed by atoms with Gasteiger partial charge in [0.2, 0.25) is 0 Å². The Labute approximate surface area is 167 Å². The zero-order valence-electron chi connectivity index (χ0n) is 16.9. The number of Topliss-reactive ketones (excluding diaryl/α,β-unsaturated/α-hetero) is 1. The minimum absolute atomic E-state index is 0.123. The van der Waals surface area contributed by atoms with Crippen LogP contribution in [0, 0.1) is 5.41 Å². The average molecular weight is 407 g/mol. The molecule has 1 aliphatic heterocycles. The van der Waals surface area contributed by atoms with Crippen molar-refractivity contribution in [2.24, 2.45) is 5.41 Å². The molecule has 1 aromatic carbocycles. The van der Waals surface area contributed by atoms with Crippen molar-refractivity contribution < 1.29 is 27.5 Å². The number of allylic oxidation sites excluding steroid dienone is 3. The lowest BCUT2D eigenvalue weighted by Crippen LogP contribution is -2.38. The Morgan fingerprint density at radius 2 is 1.97 bits per heavy atom. The molecule has 0 aromatic heterocycles. The molecule has 0 spiro atoms. The monoisotopic (exact) mass is 407 g/mol. The minimum atomic E-state index is -4.53. The molecule has 0 unspecified atom stereocenters. The smallest absolute Gasteiger partial charge is 0.416 e. The highest BCUT2D eigenvalue weighted by atomic mass is 19.4. The zero-order chi connectivity index (χ0) is 21.6. The van der Waals surface area contributed by atoms with Gasteiger partial charge in [-0.25, -0.2) is 4.79 Å². The van der Waals surface area contributed by atoms with E-state index in [1.54, 1.807) is 13.8 Å². The number of hydrogen-bond donors (Lipinski definition) is 1. The van der Waals surface area contributed by atoms with Gasteiger partial charge in [-0.05, 0) is 37.3 Å². The molecule has 0 saturated carbocycles. The number of halogens is 3. The van der Waals surface area contributed by atoms with E-state index in [4.69, 9.17) is 4.74 Å². The Hall–Kier alpha value is -2.57. The SMILES string of the molecule is CCOC(=O)C1=C(C)NC2=C(C(=O)CC(C)(C)C2)[C@@H]1c1cccc(C(F)(F)F)c1. The second-order valence-electron chi connectivity index (χ2n) is 8.27. The summed E-state index contributed by atoms with van der Waals surface area (Å²) in [5.41, 5.74) is 0.859. The Morgan fingerprint density at radius 3 is 2.59 bits per heavy atom. The highest BCUT2D eigenvalue weighted by molar-refractivity contribution is 6.04. The van der Waals surface area contributed by atoms with Gasteiger partial charge >= 0.3 is 12.1 Å². The molecule has 3 rings (SSSR count). The van der Waals surface area contributed by atoms with Crippen molar-refractivity contribution in [3.63, 3.8) is 0 Å². The van der Waals surface area contributed by atoms with Crippen LogP contribution in [-0.4, -0.2) is 18.4 Å². The first-order chi connectivity index (χ1) is 13.4. The third-order valence-electron chi connectivity index (χ3n) is 5.28. The summed E-state index contributed by atoms with van der Waals surface area (Å²) in [5, 5.41) is 3.15. The van der Waals surface area contributed by atoms with Gasteiger partial charge in [0.15, 0.2) is 5.78 Å². The predicted molar refractivity (Wildman–Crippen MR) is 102 cm³/mol. The maximum atomic E-state index is 13.3. The summed E-state index contributed by atoms with van der Waals surface area (Å²) in [6.07, 6.45) is -3.70. The Morgan fingerprint density at radius 1 is 1.28 bits per heavy atom. The van der Waals surface area contributed by atoms with Crippen molar-refractivity contribution in [1.82, 2.24) is 5.32 Å². The molecule has 2 aliphatic rings. The van der Waals surface area contributed by atoms with Crippen LogP contribution in [0.5, 0.6) is 0 Å². The number of carbonyl (C=O) groups is 2. The zero-order valence-corrected chi connectivity index (χ0v) is 16.9. The van der Waals surface area contributed by atoms with Gasteiger partial charge in [0, 0.05) is 29.3 Å². The van der Waals surface area contributed by atoms with Crippen LogP contribution in [0.1, 0.15) is 57.6 Å². The normalized spacial score (nSPS) is 21.6. The molecule has 4 nitrogen and oxygen atoms in total. The van der Waals surface area contributed by atoms with E-state index >= 15 is 0 Å². The first-order valence-electron chi connectivity index (χ1n) is 9.53. The molecular formula is C22H24F3NO3. The summed E-state index contributed by atoms with van der Waals surface area (Å²) in [7, 11) is 0. The van der Waals surface area contributed by atoms with E-state index in [2.05, 4.69) is 5.32 Å². The molecule has 0 saturated heterocycles. The van der Waals surface area contributed by atoms with Crippen LogP contribution in [0.2, 0.25) is 0 Å². The van der Waals surface area contributed by atoms with Gasteiger partial charge in [-0.15, -0.1) is 0 Å². The van der Waals surface area contributed by atoms with Crippen molar-refractivity contribution in [3.05, 3.63) is 57.9 Å². The van der Waals surface area contributed by atoms with Crippen LogP contribution in [0.4, 0.5) is 13.2 Å². The van der Waals surface area contributed by atoms with Crippen molar-refractivity contribution >= 4 is 11.8 Å². The lowest BCUT2D eigenvalue weighted by Gasteiger charge is -2.39. The molecule has 0 radical (unpaired) electrons. The molecule has 0 fully saturated rings. The number of rotatable bonds is 3. The standard InChI is InChI=1S/C22H24F3NO3/c1-5-29-20(28)17-12(2)26-15-10-21(3,4)11-16(27)19(15)18(17)13-7-6-8-14(9-13)22(23,24)25/h6-9,18,26H,5,10-11H2,1-4H3/t18-/m1/s1. The lowest BCUT2D eigenvalue weighted by molar-refractivity contribution is -0.139. The first-order valence-corrected chi connectivity index (χ1v) is 9.53. The number of alkyl halides is 3. The van der Waals surface area contributed by atoms with Crippen LogP contribution in [0.25, 0.3) is 0 Å². The molecular weight excluding hydrogens is 383 g/mol. The van der Waals surface area contributed by atoms with Gasteiger partial charge in [-0.2, -0.15) is 13.2 Å². The number of hydrogen-bond acceptors (Lipinski definition) is 4. The Kier molecular flexibility index (Phi) is 5.36. The summed E-state index contributed by atoms with van der Waals surface area (Å²) in [5.74, 6) is -1.69. The second-order valence-corrected chi connectivity index (χ2v) is 8.27. The number of dihydropyridines is 1. The Balaban J connectivity index is 2.21. The van der Waals surface area contributed by atoms with E-state index in [1.807, 2.05) is 13.8 Å². The average Bonchev–Trinajstić information content (AvgIpc) is 2.59. The molecule has 0 bridgehead atoms. The molecule has 1 aromatic rings. The molecule has 156 valence electrons. The molecule has 1 heterocycles. The van der Waals surface area contributed by atoms with Gasteiger partial charge in [-0.3, -0.25) is 4.79 Å². The van der Waals surface area contributed by atoms with E-state index in [1.165, 1.54) is 12.1 Å². The highest BCUT2D eigenvalue weighted by Gasteiger charge is 2.43. The summed E-state index contributed by atoms with van der Waals surface area (Å²) in [6, 6.07) is 4.82. The lowest BCUT2D eigenvalue weighted by atomic mass is 9.68. The fourth-order valence-electron chi connectivity index (χ4n) is 4.14. The molecule has 29 heavy (non-hydrogen) atoms. The van der Waals surface area contributed by atoms with Crippen molar-refractivity contribution in [3.8, 4) is 0 Å². The number of benzene rings is 1. The van der Waals surface area contributed by atoms with Gasteiger partial charge in [-0.1, -0.05) is 32.0 Å². The van der Waals surface area contributed by atoms with Gasteiger partial charge < -0.3 is 10.1 Å². The third-order valence-corrected chi connectivity index (χ3v) is 5.28. The summed E-state index contributed by atoms with van der Waals surface area (Å²) in [6.45, 7) is 7.40. The summed E-state index contributed by atoms with van der Waals surface area (Å²) in [4.78, 5) is 25.8. The number of carbonyl (C=O) groups excluding carboxylic acids is 2. The number of nitrogens with one attached hydrogen (secondary N) is 1. The van der Waals surface area contributed by atoms with Crippen LogP contribution in [-0.2, 0) is 20.5 Å². The van der Waals surface area contributed by atoms with Crippen LogP contribution in [0.15, 0.2) is 46.8 Å². The molecule has 1 N–H and O–H groups in total. The third kappa shape index (κ3) is 4.09. The van der Waals surface area contributed by atoms with Crippen molar-refractivity contribution in [2.75, 3.05) is 6.61 Å². The number of ether oxygens (including phenoxy) is 1. The van der Waals surface area contributed by atoms with E-state index in [0.717, 1.165) is 12.1 Å². The highest BCUT2D eigenvalue weighted by Crippen LogP contribution is 2.47. The fourth-order valence-corrected chi connectivity index (χ4v) is 4.14. The van der Waals surface area contributed by atoms with Gasteiger partial charge in [0.05, 0.1) is 17.7 Å². The molecule has 1 aliphatic carbocycles. The minimum Gasteiger partial charge on any atom is -0.463 e. The van der Waals surface area contributed by atoms with E-state index in [-0.39, 0.29) is 35.4 Å². The van der Waals surface area contributed by atoms with Gasteiger partial charge in [0.1, 0.15) is 0 Å². The van der Waals surface area contributed by atoms with Crippen LogP contribution < -0.4 is 5.32 Å². The maximum absolute atomic E-state index is 13.3. The van der Waals surface area contributed by atoms with E-state index < -0.39 is 23.6 Å². The fraction of sp³-hybridized carbons (Fsp3) is 0.455. The summed E-state index contributed by atoms with van der Waals surface area (Å²) >= 11 is 0. The van der Waals surface area contributed by atoms with Gasteiger partial charge in [0.25, 0.3) is 0 Å². The summed E-state index contributed by atoms with van der Waals surface area (Å²) < 4.78 is 45.1. The molecule has 0 amide bonds. The van der Waals surface area contributed by atoms with Crippen molar-refractivity contribution in [2.45, 2.75) is 52.6 Å². The maximum Gasteiger partial charge on any atom is 0.416 e. The quantitative estimate of drug-likeness (QED) is 0.726. The van der Waals surface area contributed by atoms with Crippen LogP contribution >= 0.6 is 0 Å². The van der Waals surface area contributed by atoms with E-state index in [9.17, 15) is 22.8 Å². The topological polar surface area (TPSA) is 55.4 Å². The molecule has 1 atom stereocenters. The van der Waals surface area contributed by atoms with Crippen molar-refractivity contribution in [1.29, 1.82) is 0 Å². The first kappa shape index (κ1) is 21.1. The predicted octanol–water partition coefficient (Wildman–Crippen LogP) is 4.87. The molecule has 7 heteroatoms. The van der Waals surface area contributed by atoms with E-state index in [0.29, 0.717) is 23.4 Å². The second kappa shape index (κ2) is 7.35. The Bertz CT molecular complexity index is 925. The van der Waals surface area contributed by atoms with Crippen LogP contribution in [0.3, 0.4) is 0 Å². The largest absolute Gasteiger partial charge is 0.463 e. The number of ketones is 1.